The summed E-state index contributed by atoms with van der Waals surface area (Å²) in [6.07, 6.45) is 6.38. The van der Waals surface area contributed by atoms with Crippen molar-refractivity contribution in [2.75, 3.05) is 20.2 Å². The molecule has 1 fully saturated rings. The van der Waals surface area contributed by atoms with Gasteiger partial charge in [0.1, 0.15) is 4.88 Å². The molecule has 6 nitrogen and oxygen atoms in total. The normalized spacial score (nSPS) is 18.8. The number of thiophene rings is 1. The molecule has 0 saturated heterocycles. The molecule has 2 amide bonds. The number of nitrogens with zero attached hydrogens (tertiary/aromatic N) is 1. The van der Waals surface area contributed by atoms with E-state index in [1.165, 1.54) is 40.1 Å². The van der Waals surface area contributed by atoms with E-state index in [1.54, 1.807) is 0 Å². The van der Waals surface area contributed by atoms with Crippen LogP contribution in [0.3, 0.4) is 0 Å². The van der Waals surface area contributed by atoms with E-state index >= 15 is 0 Å². The number of hydrogen-bond acceptors (Lipinski definition) is 5. The van der Waals surface area contributed by atoms with Gasteiger partial charge in [-0.25, -0.2) is 4.79 Å². The number of fused-ring (bicyclic) bond motifs is 1. The van der Waals surface area contributed by atoms with Crippen LogP contribution in [-0.4, -0.2) is 48.9 Å². The Balaban J connectivity index is 1.46. The molecule has 1 N–H and O–H groups in total. The SMILES string of the molecule is CC[C@@H]1CCc2sc(C(=O)OCC(=O)N(C)CC(=O)NC3CC3)cc2C1. The Morgan fingerprint density at radius 1 is 1.31 bits per heavy atom. The van der Waals surface area contributed by atoms with Crippen LogP contribution < -0.4 is 5.32 Å². The molecule has 26 heavy (non-hydrogen) atoms. The van der Waals surface area contributed by atoms with Crippen molar-refractivity contribution >= 4 is 29.1 Å². The number of ether oxygens (including phenoxy) is 1. The number of esters is 1. The summed E-state index contributed by atoms with van der Waals surface area (Å²) >= 11 is 1.48. The number of carbonyl (C=O) groups is 3. The van der Waals surface area contributed by atoms with Crippen molar-refractivity contribution in [3.63, 3.8) is 0 Å². The fraction of sp³-hybridized carbons (Fsp3) is 0.632. The van der Waals surface area contributed by atoms with E-state index in [9.17, 15) is 14.4 Å². The number of carbonyl (C=O) groups excluding carboxylic acids is 3. The Bertz CT molecular complexity index is 696. The van der Waals surface area contributed by atoms with Crippen molar-refractivity contribution in [1.29, 1.82) is 0 Å². The van der Waals surface area contributed by atoms with E-state index in [1.807, 2.05) is 6.07 Å². The molecule has 3 rings (SSSR count). The molecule has 1 atom stereocenters. The van der Waals surface area contributed by atoms with E-state index in [0.29, 0.717) is 10.8 Å². The Morgan fingerprint density at radius 3 is 2.77 bits per heavy atom. The monoisotopic (exact) mass is 378 g/mol. The summed E-state index contributed by atoms with van der Waals surface area (Å²) in [6, 6.07) is 2.18. The average molecular weight is 378 g/mol. The molecule has 1 aromatic rings. The van der Waals surface area contributed by atoms with Crippen LogP contribution in [0.5, 0.6) is 0 Å². The molecule has 0 radical (unpaired) electrons. The molecule has 1 saturated carbocycles. The van der Waals surface area contributed by atoms with Gasteiger partial charge in [-0.2, -0.15) is 0 Å². The zero-order valence-electron chi connectivity index (χ0n) is 15.4. The van der Waals surface area contributed by atoms with Crippen LogP contribution in [0.25, 0.3) is 0 Å². The molecule has 0 aliphatic heterocycles. The maximum absolute atomic E-state index is 12.3. The summed E-state index contributed by atoms with van der Waals surface area (Å²) in [6.45, 7) is 1.84. The summed E-state index contributed by atoms with van der Waals surface area (Å²) in [5.74, 6) is -0.317. The van der Waals surface area contributed by atoms with E-state index in [2.05, 4.69) is 12.2 Å². The number of likely N-dealkylation sites (N-methyl/N-ethyl adjacent to an activating group) is 1. The van der Waals surface area contributed by atoms with Crippen LogP contribution in [0.2, 0.25) is 0 Å². The lowest BCUT2D eigenvalue weighted by Gasteiger charge is -2.19. The van der Waals surface area contributed by atoms with Crippen LogP contribution in [0.15, 0.2) is 6.07 Å². The Morgan fingerprint density at radius 2 is 2.08 bits per heavy atom. The second-order valence-corrected chi connectivity index (χ2v) is 8.38. The van der Waals surface area contributed by atoms with Crippen molar-refractivity contribution in [1.82, 2.24) is 10.2 Å². The minimum atomic E-state index is -0.457. The van der Waals surface area contributed by atoms with Gasteiger partial charge in [0.2, 0.25) is 5.91 Å². The molecule has 2 aliphatic carbocycles. The minimum Gasteiger partial charge on any atom is -0.451 e. The Kier molecular flexibility index (Phi) is 5.96. The molecular weight excluding hydrogens is 352 g/mol. The van der Waals surface area contributed by atoms with Gasteiger partial charge in [-0.3, -0.25) is 9.59 Å². The number of aryl methyl sites for hydroxylation is 1. The van der Waals surface area contributed by atoms with Crippen LogP contribution >= 0.6 is 11.3 Å². The molecule has 1 aromatic heterocycles. The maximum atomic E-state index is 12.3. The second kappa shape index (κ2) is 8.20. The third-order valence-electron chi connectivity index (χ3n) is 5.04. The summed E-state index contributed by atoms with van der Waals surface area (Å²) in [4.78, 5) is 39.2. The molecule has 2 aliphatic rings. The lowest BCUT2D eigenvalue weighted by Crippen LogP contribution is -2.40. The van der Waals surface area contributed by atoms with Gasteiger partial charge in [-0.05, 0) is 49.7 Å². The zero-order valence-corrected chi connectivity index (χ0v) is 16.2. The molecule has 142 valence electrons. The summed E-state index contributed by atoms with van der Waals surface area (Å²) in [5.41, 5.74) is 1.25. The van der Waals surface area contributed by atoms with Crippen molar-refractivity contribution in [3.05, 3.63) is 21.4 Å². The fourth-order valence-corrected chi connectivity index (χ4v) is 4.26. The van der Waals surface area contributed by atoms with Crippen molar-refractivity contribution in [2.45, 2.75) is 51.5 Å². The number of rotatable bonds is 7. The maximum Gasteiger partial charge on any atom is 0.348 e. The number of amides is 2. The van der Waals surface area contributed by atoms with Crippen LogP contribution in [0.1, 0.15) is 52.7 Å². The number of hydrogen-bond donors (Lipinski definition) is 1. The predicted octanol–water partition coefficient (Wildman–Crippen LogP) is 2.16. The highest BCUT2D eigenvalue weighted by molar-refractivity contribution is 7.14. The van der Waals surface area contributed by atoms with Crippen LogP contribution in [0.4, 0.5) is 0 Å². The van der Waals surface area contributed by atoms with Gasteiger partial charge in [0.15, 0.2) is 6.61 Å². The average Bonchev–Trinajstić information content (AvgIpc) is 3.33. The molecule has 0 unspecified atom stereocenters. The van der Waals surface area contributed by atoms with Crippen molar-refractivity contribution < 1.29 is 19.1 Å². The smallest absolute Gasteiger partial charge is 0.348 e. The third kappa shape index (κ3) is 4.84. The highest BCUT2D eigenvalue weighted by atomic mass is 32.1. The summed E-state index contributed by atoms with van der Waals surface area (Å²) in [5, 5.41) is 2.83. The zero-order chi connectivity index (χ0) is 18.7. The van der Waals surface area contributed by atoms with Gasteiger partial charge < -0.3 is 15.0 Å². The van der Waals surface area contributed by atoms with E-state index in [0.717, 1.165) is 32.1 Å². The predicted molar refractivity (Wildman–Crippen MR) is 99.2 cm³/mol. The fourth-order valence-electron chi connectivity index (χ4n) is 3.16. The highest BCUT2D eigenvalue weighted by Gasteiger charge is 2.25. The lowest BCUT2D eigenvalue weighted by molar-refractivity contribution is -0.137. The molecule has 0 bridgehead atoms. The van der Waals surface area contributed by atoms with Crippen LogP contribution in [0, 0.1) is 5.92 Å². The van der Waals surface area contributed by atoms with Gasteiger partial charge in [0.05, 0.1) is 6.54 Å². The number of nitrogens with one attached hydrogen (secondary N) is 1. The molecule has 0 aromatic carbocycles. The first-order valence-corrected chi connectivity index (χ1v) is 10.1. The van der Waals surface area contributed by atoms with Crippen LogP contribution in [-0.2, 0) is 27.2 Å². The quantitative estimate of drug-likeness (QED) is 0.738. The van der Waals surface area contributed by atoms with Gasteiger partial charge in [-0.15, -0.1) is 11.3 Å². The first-order valence-electron chi connectivity index (χ1n) is 9.28. The van der Waals surface area contributed by atoms with Crippen molar-refractivity contribution in [2.24, 2.45) is 5.92 Å². The molecule has 7 heteroatoms. The summed E-state index contributed by atoms with van der Waals surface area (Å²) < 4.78 is 5.17. The van der Waals surface area contributed by atoms with Gasteiger partial charge in [0, 0.05) is 18.0 Å². The molecule has 0 spiro atoms. The first-order chi connectivity index (χ1) is 12.5. The largest absolute Gasteiger partial charge is 0.451 e. The standard InChI is InChI=1S/C19H26N2O4S/c1-3-12-4-7-15-13(8-12)9-16(26-15)19(24)25-11-18(23)21(2)10-17(22)20-14-5-6-14/h9,12,14H,3-8,10-11H2,1-2H3,(H,20,22)/t12-/m1/s1. The van der Waals surface area contributed by atoms with Gasteiger partial charge >= 0.3 is 5.97 Å². The Hall–Kier alpha value is -1.89. The van der Waals surface area contributed by atoms with E-state index < -0.39 is 5.97 Å². The van der Waals surface area contributed by atoms with Gasteiger partial charge in [0.25, 0.3) is 5.91 Å². The lowest BCUT2D eigenvalue weighted by atomic mass is 9.87. The van der Waals surface area contributed by atoms with Gasteiger partial charge in [-0.1, -0.05) is 13.3 Å². The first kappa shape index (κ1) is 18.9. The summed E-state index contributed by atoms with van der Waals surface area (Å²) in [7, 11) is 1.54. The minimum absolute atomic E-state index is 0.0153. The second-order valence-electron chi connectivity index (χ2n) is 7.24. The molecular formula is C19H26N2O4S. The molecule has 1 heterocycles. The van der Waals surface area contributed by atoms with E-state index in [4.69, 9.17) is 4.74 Å². The van der Waals surface area contributed by atoms with E-state index in [-0.39, 0.29) is 31.0 Å². The highest BCUT2D eigenvalue weighted by Crippen LogP contribution is 2.33. The third-order valence-corrected chi connectivity index (χ3v) is 6.26. The van der Waals surface area contributed by atoms with Crippen molar-refractivity contribution in [3.8, 4) is 0 Å². The Labute approximate surface area is 157 Å². The topological polar surface area (TPSA) is 75.7 Å².